The van der Waals surface area contributed by atoms with Crippen LogP contribution in [0.15, 0.2) is 11.8 Å². The first-order valence-electron chi connectivity index (χ1n) is 8.16. The van der Waals surface area contributed by atoms with Crippen molar-refractivity contribution in [3.8, 4) is 6.07 Å². The maximum atomic E-state index is 12.2. The van der Waals surface area contributed by atoms with Gasteiger partial charge in [0, 0.05) is 12.3 Å². The third kappa shape index (κ3) is 9.19. The highest BCUT2D eigenvalue weighted by Crippen LogP contribution is 2.24. The number of esters is 2. The number of carbonyl (C=O) groups excluding carboxylic acids is 2. The molecular weight excluding hydrogens is 310 g/mol. The first-order chi connectivity index (χ1) is 10.8. The van der Waals surface area contributed by atoms with Crippen molar-refractivity contribution in [2.75, 3.05) is 13.2 Å². The Kier molecular flexibility index (Phi) is 10.2. The van der Waals surface area contributed by atoms with Crippen LogP contribution in [0.1, 0.15) is 33.1 Å². The molecule has 0 rings (SSSR count). The summed E-state index contributed by atoms with van der Waals surface area (Å²) in [6.07, 6.45) is 3.56. The molecule has 6 heteroatoms. The summed E-state index contributed by atoms with van der Waals surface area (Å²) in [5.74, 6) is -2.35. The summed E-state index contributed by atoms with van der Waals surface area (Å²) in [7, 11) is -1.47. The molecule has 0 saturated heterocycles. The molecule has 0 spiro atoms. The van der Waals surface area contributed by atoms with Gasteiger partial charge in [-0.2, -0.15) is 5.26 Å². The summed E-state index contributed by atoms with van der Waals surface area (Å²) in [6.45, 7) is 10.4. The maximum absolute atomic E-state index is 12.2. The number of hydrogen-bond donors (Lipinski definition) is 0. The molecule has 0 aliphatic heterocycles. The van der Waals surface area contributed by atoms with Gasteiger partial charge >= 0.3 is 11.9 Å². The van der Waals surface area contributed by atoms with E-state index in [1.165, 1.54) is 0 Å². The van der Waals surface area contributed by atoms with Gasteiger partial charge in [0.05, 0.1) is 27.4 Å². The molecule has 0 aliphatic carbocycles. The summed E-state index contributed by atoms with van der Waals surface area (Å²) in [6, 6.07) is 2.10. The Bertz CT molecular complexity index is 430. The molecular formula is C17H29NO4Si. The molecule has 0 heterocycles. The van der Waals surface area contributed by atoms with Crippen molar-refractivity contribution in [1.29, 1.82) is 5.26 Å². The van der Waals surface area contributed by atoms with Crippen molar-refractivity contribution >= 4 is 20.0 Å². The molecule has 0 aromatic rings. The lowest BCUT2D eigenvalue weighted by Gasteiger charge is -2.22. The van der Waals surface area contributed by atoms with Crippen LogP contribution in [0, 0.1) is 23.2 Å². The zero-order valence-electron chi connectivity index (χ0n) is 14.9. The van der Waals surface area contributed by atoms with E-state index in [-0.39, 0.29) is 19.1 Å². The van der Waals surface area contributed by atoms with E-state index >= 15 is 0 Å². The van der Waals surface area contributed by atoms with E-state index in [9.17, 15) is 9.59 Å². The molecule has 23 heavy (non-hydrogen) atoms. The van der Waals surface area contributed by atoms with Gasteiger partial charge in [0.1, 0.15) is 0 Å². The quantitative estimate of drug-likeness (QED) is 0.264. The Morgan fingerprint density at radius 3 is 2.04 bits per heavy atom. The van der Waals surface area contributed by atoms with E-state index < -0.39 is 25.9 Å². The number of rotatable bonds is 10. The zero-order valence-corrected chi connectivity index (χ0v) is 15.9. The van der Waals surface area contributed by atoms with Gasteiger partial charge in [0.25, 0.3) is 0 Å². The van der Waals surface area contributed by atoms with Crippen LogP contribution in [-0.2, 0) is 19.1 Å². The molecule has 0 saturated carbocycles. The Morgan fingerprint density at radius 2 is 1.65 bits per heavy atom. The highest BCUT2D eigenvalue weighted by Gasteiger charge is 2.36. The normalized spacial score (nSPS) is 12.9. The Balaban J connectivity index is 5.40. The second-order valence-corrected chi connectivity index (χ2v) is 11.5. The van der Waals surface area contributed by atoms with Gasteiger partial charge in [-0.3, -0.25) is 9.59 Å². The maximum Gasteiger partial charge on any atom is 0.320 e. The van der Waals surface area contributed by atoms with Gasteiger partial charge in [-0.15, -0.1) is 0 Å². The van der Waals surface area contributed by atoms with Crippen LogP contribution in [0.3, 0.4) is 0 Å². The minimum atomic E-state index is -1.47. The third-order valence-corrected chi connectivity index (χ3v) is 4.37. The van der Waals surface area contributed by atoms with Gasteiger partial charge in [0.2, 0.25) is 0 Å². The van der Waals surface area contributed by atoms with Gasteiger partial charge in [-0.05, 0) is 26.7 Å². The minimum Gasteiger partial charge on any atom is -0.465 e. The highest BCUT2D eigenvalue weighted by atomic mass is 28.3. The van der Waals surface area contributed by atoms with Crippen molar-refractivity contribution in [2.45, 2.75) is 52.8 Å². The monoisotopic (exact) mass is 339 g/mol. The first kappa shape index (κ1) is 21.4. The van der Waals surface area contributed by atoms with Crippen LogP contribution in [0.4, 0.5) is 0 Å². The summed E-state index contributed by atoms with van der Waals surface area (Å²) in [4.78, 5) is 24.5. The highest BCUT2D eigenvalue weighted by molar-refractivity contribution is 6.80. The number of nitriles is 1. The molecule has 0 N–H and O–H groups in total. The molecule has 0 aromatic heterocycles. The number of ether oxygens (including phenoxy) is 2. The standard InChI is InChI=1S/C17H29NO4Si/c1-6-21-16(19)15(17(20)22-7-2)14(10-8-9-12-18)11-13-23(3,4)5/h11,13-15H,6-10H2,1-5H3/b13-11+. The summed E-state index contributed by atoms with van der Waals surface area (Å²) >= 11 is 0. The van der Waals surface area contributed by atoms with E-state index in [2.05, 4.69) is 31.4 Å². The fourth-order valence-corrected chi connectivity index (χ4v) is 2.94. The van der Waals surface area contributed by atoms with E-state index in [1.807, 2.05) is 6.08 Å². The molecule has 5 nitrogen and oxygen atoms in total. The van der Waals surface area contributed by atoms with Gasteiger partial charge < -0.3 is 9.47 Å². The number of allylic oxidation sites excluding steroid dienone is 1. The lowest BCUT2D eigenvalue weighted by Crippen LogP contribution is -2.34. The Hall–Kier alpha value is -1.61. The van der Waals surface area contributed by atoms with E-state index in [0.29, 0.717) is 19.3 Å². The van der Waals surface area contributed by atoms with E-state index in [4.69, 9.17) is 14.7 Å². The fraction of sp³-hybridized carbons (Fsp3) is 0.706. The summed E-state index contributed by atoms with van der Waals surface area (Å²) in [5, 5.41) is 8.72. The summed E-state index contributed by atoms with van der Waals surface area (Å²) < 4.78 is 10.1. The van der Waals surface area contributed by atoms with Crippen molar-refractivity contribution in [2.24, 2.45) is 11.8 Å². The van der Waals surface area contributed by atoms with Crippen LogP contribution in [0.25, 0.3) is 0 Å². The van der Waals surface area contributed by atoms with Gasteiger partial charge in [0.15, 0.2) is 5.92 Å². The minimum absolute atomic E-state index is 0.220. The summed E-state index contributed by atoms with van der Waals surface area (Å²) in [5.41, 5.74) is 2.12. The molecule has 0 amide bonds. The molecule has 0 radical (unpaired) electrons. The Labute approximate surface area is 140 Å². The lowest BCUT2D eigenvalue weighted by atomic mass is 9.88. The zero-order chi connectivity index (χ0) is 17.9. The lowest BCUT2D eigenvalue weighted by molar-refractivity contribution is -0.163. The molecule has 1 atom stereocenters. The van der Waals surface area contributed by atoms with Crippen LogP contribution < -0.4 is 0 Å². The van der Waals surface area contributed by atoms with Crippen LogP contribution in [-0.4, -0.2) is 33.2 Å². The number of hydrogen-bond acceptors (Lipinski definition) is 5. The predicted octanol–water partition coefficient (Wildman–Crippen LogP) is 3.47. The SMILES string of the molecule is CCOC(=O)C(C(=O)OCC)C(/C=C/[Si](C)(C)C)CCCC#N. The molecule has 0 aliphatic rings. The predicted molar refractivity (Wildman–Crippen MR) is 92.2 cm³/mol. The first-order valence-corrected chi connectivity index (χ1v) is 11.7. The second-order valence-electron chi connectivity index (χ2n) is 6.42. The van der Waals surface area contributed by atoms with Gasteiger partial charge in [-0.25, -0.2) is 0 Å². The van der Waals surface area contributed by atoms with Gasteiger partial charge in [-0.1, -0.05) is 31.4 Å². The van der Waals surface area contributed by atoms with Crippen molar-refractivity contribution in [3.05, 3.63) is 11.8 Å². The topological polar surface area (TPSA) is 76.4 Å². The van der Waals surface area contributed by atoms with Crippen LogP contribution in [0.2, 0.25) is 19.6 Å². The average Bonchev–Trinajstić information content (AvgIpc) is 2.44. The molecule has 130 valence electrons. The average molecular weight is 340 g/mol. The second kappa shape index (κ2) is 11.0. The van der Waals surface area contributed by atoms with Crippen molar-refractivity contribution in [3.63, 3.8) is 0 Å². The van der Waals surface area contributed by atoms with E-state index in [1.54, 1.807) is 13.8 Å². The van der Waals surface area contributed by atoms with Crippen LogP contribution in [0.5, 0.6) is 0 Å². The smallest absolute Gasteiger partial charge is 0.320 e. The largest absolute Gasteiger partial charge is 0.465 e. The van der Waals surface area contributed by atoms with E-state index in [0.717, 1.165) is 0 Å². The molecule has 0 aromatic carbocycles. The van der Waals surface area contributed by atoms with Crippen molar-refractivity contribution in [1.82, 2.24) is 0 Å². The molecule has 0 fully saturated rings. The van der Waals surface area contributed by atoms with Crippen molar-refractivity contribution < 1.29 is 19.1 Å². The molecule has 0 bridgehead atoms. The number of nitrogens with zero attached hydrogens (tertiary/aromatic N) is 1. The molecule has 1 unspecified atom stereocenters. The number of carbonyl (C=O) groups is 2. The van der Waals surface area contributed by atoms with Crippen LogP contribution >= 0.6 is 0 Å². The number of unbranched alkanes of at least 4 members (excludes halogenated alkanes) is 1. The fourth-order valence-electron chi connectivity index (χ4n) is 2.11. The Morgan fingerprint density at radius 1 is 1.13 bits per heavy atom. The third-order valence-electron chi connectivity index (χ3n) is 3.18.